The number of carbonyl (C=O) groups excluding carboxylic acids is 1. The van der Waals surface area contributed by atoms with Gasteiger partial charge in [-0.05, 0) is 30.3 Å². The Morgan fingerprint density at radius 2 is 2.10 bits per heavy atom. The fourth-order valence-corrected chi connectivity index (χ4v) is 1.75. The van der Waals surface area contributed by atoms with E-state index in [-0.39, 0.29) is 23.0 Å². The van der Waals surface area contributed by atoms with Gasteiger partial charge in [-0.15, -0.1) is 0 Å². The third kappa shape index (κ3) is 3.05. The van der Waals surface area contributed by atoms with Crippen molar-refractivity contribution in [1.82, 2.24) is 4.98 Å². The van der Waals surface area contributed by atoms with Crippen LogP contribution in [-0.4, -0.2) is 18.1 Å². The highest BCUT2D eigenvalue weighted by Gasteiger charge is 2.13. The lowest BCUT2D eigenvalue weighted by Crippen LogP contribution is -2.06. The normalized spacial score (nSPS) is 10.2. The highest BCUT2D eigenvalue weighted by Crippen LogP contribution is 2.29. The number of anilines is 1. The molecular weight excluding hydrogens is 331 g/mol. The van der Waals surface area contributed by atoms with E-state index >= 15 is 0 Å². The molecule has 0 amide bonds. The topological polar surface area (TPSA) is 74.4 Å². The standard InChI is InChI=1S/C13H10BrFN2O3/c1-19-13(18)10-4-3-9(16)12(17-10)20-11-5-2-7(14)6-8(11)15/h2-6H,16H2,1H3. The van der Waals surface area contributed by atoms with E-state index < -0.39 is 11.8 Å². The molecule has 0 atom stereocenters. The first-order chi connectivity index (χ1) is 9.51. The number of hydrogen-bond donors (Lipinski definition) is 1. The number of rotatable bonds is 3. The maximum absolute atomic E-state index is 13.7. The first-order valence-corrected chi connectivity index (χ1v) is 6.28. The second-order valence-electron chi connectivity index (χ2n) is 3.76. The summed E-state index contributed by atoms with van der Waals surface area (Å²) < 4.78 is 24.1. The van der Waals surface area contributed by atoms with Gasteiger partial charge in [0.15, 0.2) is 17.3 Å². The molecule has 2 N–H and O–H groups in total. The van der Waals surface area contributed by atoms with Gasteiger partial charge >= 0.3 is 5.97 Å². The molecule has 1 aromatic heterocycles. The quantitative estimate of drug-likeness (QED) is 0.868. The Bertz CT molecular complexity index is 664. The van der Waals surface area contributed by atoms with Gasteiger partial charge in [-0.2, -0.15) is 0 Å². The molecule has 1 heterocycles. The van der Waals surface area contributed by atoms with Gasteiger partial charge in [-0.25, -0.2) is 14.2 Å². The predicted octanol–water partition coefficient (Wildman–Crippen LogP) is 3.14. The zero-order chi connectivity index (χ0) is 14.7. The van der Waals surface area contributed by atoms with Crippen molar-refractivity contribution in [1.29, 1.82) is 0 Å². The summed E-state index contributed by atoms with van der Waals surface area (Å²) in [6.07, 6.45) is 0. The second-order valence-corrected chi connectivity index (χ2v) is 4.67. The number of carbonyl (C=O) groups is 1. The maximum Gasteiger partial charge on any atom is 0.356 e. The second kappa shape index (κ2) is 5.87. The number of benzene rings is 1. The van der Waals surface area contributed by atoms with Gasteiger partial charge in [-0.1, -0.05) is 15.9 Å². The maximum atomic E-state index is 13.7. The van der Waals surface area contributed by atoms with Crippen molar-refractivity contribution >= 4 is 27.6 Å². The van der Waals surface area contributed by atoms with Crippen molar-refractivity contribution in [3.63, 3.8) is 0 Å². The number of aromatic nitrogens is 1. The Morgan fingerprint density at radius 3 is 2.75 bits per heavy atom. The third-order valence-electron chi connectivity index (χ3n) is 2.38. The Balaban J connectivity index is 2.35. The van der Waals surface area contributed by atoms with Crippen molar-refractivity contribution < 1.29 is 18.7 Å². The van der Waals surface area contributed by atoms with Gasteiger partial charge in [0.2, 0.25) is 5.88 Å². The van der Waals surface area contributed by atoms with E-state index in [2.05, 4.69) is 25.7 Å². The van der Waals surface area contributed by atoms with Crippen LogP contribution in [-0.2, 0) is 4.74 Å². The van der Waals surface area contributed by atoms with Gasteiger partial charge in [-0.3, -0.25) is 0 Å². The zero-order valence-corrected chi connectivity index (χ0v) is 12.0. The Morgan fingerprint density at radius 1 is 1.35 bits per heavy atom. The minimum absolute atomic E-state index is 0.0224. The minimum atomic E-state index is -0.633. The van der Waals surface area contributed by atoms with Crippen LogP contribution >= 0.6 is 15.9 Å². The molecule has 5 nitrogen and oxygen atoms in total. The number of nitrogens with zero attached hydrogens (tertiary/aromatic N) is 1. The van der Waals surface area contributed by atoms with E-state index in [4.69, 9.17) is 10.5 Å². The molecule has 104 valence electrons. The van der Waals surface area contributed by atoms with Crippen LogP contribution in [0.3, 0.4) is 0 Å². The van der Waals surface area contributed by atoms with Crippen LogP contribution in [0, 0.1) is 5.82 Å². The minimum Gasteiger partial charge on any atom is -0.464 e. The molecule has 0 spiro atoms. The fourth-order valence-electron chi connectivity index (χ4n) is 1.41. The highest BCUT2D eigenvalue weighted by molar-refractivity contribution is 9.10. The van der Waals surface area contributed by atoms with Gasteiger partial charge in [0, 0.05) is 4.47 Å². The molecule has 0 bridgehead atoms. The monoisotopic (exact) mass is 340 g/mol. The molecule has 0 radical (unpaired) electrons. The summed E-state index contributed by atoms with van der Waals surface area (Å²) in [5.41, 5.74) is 5.89. The molecule has 7 heteroatoms. The molecule has 0 saturated heterocycles. The Hall–Kier alpha value is -2.15. The Kier molecular flexibility index (Phi) is 4.19. The molecule has 0 aliphatic heterocycles. The molecule has 0 saturated carbocycles. The first kappa shape index (κ1) is 14.3. The summed E-state index contributed by atoms with van der Waals surface area (Å²) in [6.45, 7) is 0. The predicted molar refractivity (Wildman–Crippen MR) is 74.2 cm³/mol. The lowest BCUT2D eigenvalue weighted by Gasteiger charge is -2.09. The van der Waals surface area contributed by atoms with Crippen molar-refractivity contribution in [2.24, 2.45) is 0 Å². The van der Waals surface area contributed by atoms with E-state index in [1.54, 1.807) is 6.07 Å². The van der Waals surface area contributed by atoms with Crippen LogP contribution in [0.25, 0.3) is 0 Å². The van der Waals surface area contributed by atoms with Crippen molar-refractivity contribution in [3.05, 3.63) is 46.3 Å². The molecule has 20 heavy (non-hydrogen) atoms. The van der Waals surface area contributed by atoms with Crippen molar-refractivity contribution in [2.75, 3.05) is 12.8 Å². The average molecular weight is 341 g/mol. The molecule has 2 aromatic rings. The van der Waals surface area contributed by atoms with Crippen LogP contribution in [0.5, 0.6) is 11.6 Å². The van der Waals surface area contributed by atoms with Crippen molar-refractivity contribution in [3.8, 4) is 11.6 Å². The van der Waals surface area contributed by atoms with Crippen LogP contribution in [0.2, 0.25) is 0 Å². The van der Waals surface area contributed by atoms with E-state index in [1.165, 1.54) is 31.4 Å². The van der Waals surface area contributed by atoms with Gasteiger partial charge in [0.05, 0.1) is 12.8 Å². The number of methoxy groups -OCH3 is 1. The van der Waals surface area contributed by atoms with Crippen LogP contribution in [0.4, 0.5) is 10.1 Å². The molecule has 2 rings (SSSR count). The molecular formula is C13H10BrFN2O3. The van der Waals surface area contributed by atoms with E-state index in [0.29, 0.717) is 4.47 Å². The molecule has 1 aromatic carbocycles. The van der Waals surface area contributed by atoms with Gasteiger partial charge in [0.1, 0.15) is 0 Å². The summed E-state index contributed by atoms with van der Waals surface area (Å²) in [6, 6.07) is 7.11. The van der Waals surface area contributed by atoms with Crippen molar-refractivity contribution in [2.45, 2.75) is 0 Å². The average Bonchev–Trinajstić information content (AvgIpc) is 2.43. The number of nitrogen functional groups attached to an aromatic ring is 1. The van der Waals surface area contributed by atoms with Gasteiger partial charge < -0.3 is 15.2 Å². The number of nitrogens with two attached hydrogens (primary N) is 1. The number of pyridine rings is 1. The van der Waals surface area contributed by atoms with Crippen LogP contribution < -0.4 is 10.5 Å². The van der Waals surface area contributed by atoms with E-state index in [0.717, 1.165) is 0 Å². The Labute approximate surface area is 122 Å². The summed E-state index contributed by atoms with van der Waals surface area (Å²) in [7, 11) is 1.23. The van der Waals surface area contributed by atoms with E-state index in [9.17, 15) is 9.18 Å². The summed E-state index contributed by atoms with van der Waals surface area (Å²) in [5.74, 6) is -1.32. The number of hydrogen-bond acceptors (Lipinski definition) is 5. The molecule has 0 fully saturated rings. The lowest BCUT2D eigenvalue weighted by atomic mass is 10.3. The van der Waals surface area contributed by atoms with Crippen LogP contribution in [0.1, 0.15) is 10.5 Å². The molecule has 0 aliphatic carbocycles. The zero-order valence-electron chi connectivity index (χ0n) is 10.4. The largest absolute Gasteiger partial charge is 0.464 e. The summed E-state index contributed by atoms with van der Waals surface area (Å²) in [4.78, 5) is 15.3. The summed E-state index contributed by atoms with van der Waals surface area (Å²) >= 11 is 3.14. The highest BCUT2D eigenvalue weighted by atomic mass is 79.9. The smallest absolute Gasteiger partial charge is 0.356 e. The molecule has 0 unspecified atom stereocenters. The number of esters is 1. The fraction of sp³-hybridized carbons (Fsp3) is 0.0769. The first-order valence-electron chi connectivity index (χ1n) is 5.49. The van der Waals surface area contributed by atoms with E-state index in [1.807, 2.05) is 0 Å². The summed E-state index contributed by atoms with van der Waals surface area (Å²) in [5, 5.41) is 0. The number of ether oxygens (including phenoxy) is 2. The lowest BCUT2D eigenvalue weighted by molar-refractivity contribution is 0.0593. The van der Waals surface area contributed by atoms with Gasteiger partial charge in [0.25, 0.3) is 0 Å². The SMILES string of the molecule is COC(=O)c1ccc(N)c(Oc2ccc(Br)cc2F)n1. The molecule has 0 aliphatic rings. The third-order valence-corrected chi connectivity index (χ3v) is 2.88. The van der Waals surface area contributed by atoms with Crippen LogP contribution in [0.15, 0.2) is 34.8 Å². The number of halogens is 2.